The van der Waals surface area contributed by atoms with Gasteiger partial charge in [0.15, 0.2) is 0 Å². The first-order valence-electron chi connectivity index (χ1n) is 13.3. The molecule has 4 aromatic carbocycles. The Morgan fingerprint density at radius 1 is 0.698 bits per heavy atom. The molecule has 0 aliphatic carbocycles. The maximum Gasteiger partial charge on any atom is 0.264 e. The Labute approximate surface area is 252 Å². The Balaban J connectivity index is 1.43. The van der Waals surface area contributed by atoms with Crippen LogP contribution in [-0.4, -0.2) is 60.8 Å². The zero-order chi connectivity index (χ0) is 31.0. The van der Waals surface area contributed by atoms with Gasteiger partial charge in [0.2, 0.25) is 15.9 Å². The molecule has 0 saturated heterocycles. The molecule has 0 aromatic heterocycles. The molecule has 0 saturated carbocycles. The molecule has 0 aliphatic heterocycles. The fourth-order valence-corrected chi connectivity index (χ4v) is 6.24. The van der Waals surface area contributed by atoms with Crippen molar-refractivity contribution in [3.63, 3.8) is 0 Å². The molecule has 0 spiro atoms. The number of nitrogens with one attached hydrogen (secondary N) is 1. The van der Waals surface area contributed by atoms with Gasteiger partial charge in [-0.25, -0.2) is 21.1 Å². The van der Waals surface area contributed by atoms with Crippen LogP contribution < -0.4 is 19.1 Å². The fourth-order valence-electron chi connectivity index (χ4n) is 3.92. The number of carbonyl (C=O) groups excluding carboxylic acids is 1. The number of ether oxygens (including phenoxy) is 2. The Morgan fingerprint density at radius 3 is 1.84 bits per heavy atom. The molecule has 0 unspecified atom stereocenters. The predicted octanol–water partition coefficient (Wildman–Crippen LogP) is 4.43. The van der Waals surface area contributed by atoms with Crippen molar-refractivity contribution in [1.29, 1.82) is 0 Å². The van der Waals surface area contributed by atoms with Crippen LogP contribution in [0.5, 0.6) is 17.2 Å². The lowest BCUT2D eigenvalue weighted by molar-refractivity contribution is -0.119. The molecule has 10 nitrogen and oxygen atoms in total. The van der Waals surface area contributed by atoms with Gasteiger partial charge in [-0.1, -0.05) is 35.9 Å². The first kappa shape index (κ1) is 31.5. The van der Waals surface area contributed by atoms with Crippen LogP contribution in [-0.2, 0) is 24.8 Å². The largest absolute Gasteiger partial charge is 0.492 e. The van der Waals surface area contributed by atoms with E-state index in [2.05, 4.69) is 5.32 Å². The molecule has 226 valence electrons. The van der Waals surface area contributed by atoms with Crippen molar-refractivity contribution in [2.75, 3.05) is 38.1 Å². The predicted molar refractivity (Wildman–Crippen MR) is 164 cm³/mol. The highest BCUT2D eigenvalue weighted by molar-refractivity contribution is 7.92. The summed E-state index contributed by atoms with van der Waals surface area (Å²) in [6.07, 6.45) is 0. The van der Waals surface area contributed by atoms with Crippen LogP contribution in [0.15, 0.2) is 113 Å². The molecular weight excluding hydrogens is 590 g/mol. The number of carbonyl (C=O) groups is 1. The summed E-state index contributed by atoms with van der Waals surface area (Å²) in [5, 5.41) is 2.68. The van der Waals surface area contributed by atoms with E-state index < -0.39 is 32.5 Å². The lowest BCUT2D eigenvalue weighted by atomic mass is 10.2. The van der Waals surface area contributed by atoms with Crippen molar-refractivity contribution in [2.24, 2.45) is 0 Å². The molecular formula is C31H33N3O7S2. The van der Waals surface area contributed by atoms with E-state index in [1.54, 1.807) is 48.5 Å². The molecule has 4 aromatic rings. The molecule has 0 atom stereocenters. The van der Waals surface area contributed by atoms with Crippen LogP contribution in [0.1, 0.15) is 5.56 Å². The molecule has 1 amide bonds. The van der Waals surface area contributed by atoms with Gasteiger partial charge < -0.3 is 14.8 Å². The molecule has 12 heteroatoms. The van der Waals surface area contributed by atoms with E-state index >= 15 is 0 Å². The summed E-state index contributed by atoms with van der Waals surface area (Å²) >= 11 is 0. The number of nitrogens with zero attached hydrogens (tertiary/aromatic N) is 2. The van der Waals surface area contributed by atoms with Gasteiger partial charge in [0, 0.05) is 14.1 Å². The summed E-state index contributed by atoms with van der Waals surface area (Å²) < 4.78 is 65.4. The lowest BCUT2D eigenvalue weighted by Gasteiger charge is -2.24. The standard InChI is InChI=1S/C31H33N3O7S2/c1-24-9-17-30(18-10-24)43(38,39)34(25-11-13-28(14-12-25)41-27-7-5-4-6-8-27)23-31(35)32-21-22-40-26-15-19-29(20-16-26)42(36,37)33(2)3/h4-20H,21-23H2,1-3H3,(H,32,35). The van der Waals surface area contributed by atoms with Crippen molar-refractivity contribution < 1.29 is 31.1 Å². The Kier molecular flexibility index (Phi) is 10.1. The molecule has 43 heavy (non-hydrogen) atoms. The smallest absolute Gasteiger partial charge is 0.264 e. The van der Waals surface area contributed by atoms with Crippen LogP contribution in [0, 0.1) is 6.92 Å². The van der Waals surface area contributed by atoms with Crippen molar-refractivity contribution in [3.8, 4) is 17.2 Å². The van der Waals surface area contributed by atoms with E-state index in [1.807, 2.05) is 25.1 Å². The number of hydrogen-bond acceptors (Lipinski definition) is 7. The average molecular weight is 624 g/mol. The van der Waals surface area contributed by atoms with E-state index in [0.29, 0.717) is 22.9 Å². The number of sulfonamides is 2. The van der Waals surface area contributed by atoms with E-state index in [-0.39, 0.29) is 22.9 Å². The molecule has 0 bridgehead atoms. The normalized spacial score (nSPS) is 11.6. The monoisotopic (exact) mass is 623 g/mol. The first-order chi connectivity index (χ1) is 20.5. The maximum atomic E-state index is 13.7. The Hall–Kier alpha value is -4.39. The fraction of sp³-hybridized carbons (Fsp3) is 0.194. The van der Waals surface area contributed by atoms with Gasteiger partial charge in [-0.05, 0) is 79.7 Å². The summed E-state index contributed by atoms with van der Waals surface area (Å²) in [6, 6.07) is 28.0. The number of anilines is 1. The molecule has 0 radical (unpaired) electrons. The van der Waals surface area contributed by atoms with Gasteiger partial charge in [-0.3, -0.25) is 9.10 Å². The minimum atomic E-state index is -4.09. The number of para-hydroxylation sites is 1. The van der Waals surface area contributed by atoms with Crippen LogP contribution >= 0.6 is 0 Å². The van der Waals surface area contributed by atoms with Crippen molar-refractivity contribution in [1.82, 2.24) is 9.62 Å². The van der Waals surface area contributed by atoms with E-state index in [9.17, 15) is 21.6 Å². The molecule has 0 fully saturated rings. The molecule has 4 rings (SSSR count). The van der Waals surface area contributed by atoms with E-state index in [4.69, 9.17) is 9.47 Å². The molecule has 1 N–H and O–H groups in total. The van der Waals surface area contributed by atoms with Gasteiger partial charge in [-0.15, -0.1) is 0 Å². The number of rotatable bonds is 13. The second-order valence-corrected chi connectivity index (χ2v) is 13.7. The van der Waals surface area contributed by atoms with Crippen molar-refractivity contribution >= 4 is 31.6 Å². The Bertz CT molecular complexity index is 1730. The third kappa shape index (κ3) is 8.13. The number of hydrogen-bond donors (Lipinski definition) is 1. The number of benzene rings is 4. The van der Waals surface area contributed by atoms with Crippen LogP contribution in [0.25, 0.3) is 0 Å². The summed E-state index contributed by atoms with van der Waals surface area (Å²) in [5.74, 6) is 1.04. The van der Waals surface area contributed by atoms with Gasteiger partial charge >= 0.3 is 0 Å². The topological polar surface area (TPSA) is 122 Å². The average Bonchev–Trinajstić information content (AvgIpc) is 2.99. The third-order valence-electron chi connectivity index (χ3n) is 6.30. The highest BCUT2D eigenvalue weighted by Gasteiger charge is 2.27. The van der Waals surface area contributed by atoms with Crippen LogP contribution in [0.3, 0.4) is 0 Å². The number of aryl methyl sites for hydroxylation is 1. The van der Waals surface area contributed by atoms with Gasteiger partial charge in [0.25, 0.3) is 10.0 Å². The Morgan fingerprint density at radius 2 is 1.23 bits per heavy atom. The van der Waals surface area contributed by atoms with Crippen LogP contribution in [0.2, 0.25) is 0 Å². The van der Waals surface area contributed by atoms with Crippen molar-refractivity contribution in [2.45, 2.75) is 16.7 Å². The zero-order valence-corrected chi connectivity index (χ0v) is 25.6. The second-order valence-electron chi connectivity index (χ2n) is 9.69. The first-order valence-corrected chi connectivity index (χ1v) is 16.2. The molecule has 0 heterocycles. The summed E-state index contributed by atoms with van der Waals surface area (Å²) in [5.41, 5.74) is 1.19. The zero-order valence-electron chi connectivity index (χ0n) is 24.0. The minimum absolute atomic E-state index is 0.0542. The highest BCUT2D eigenvalue weighted by atomic mass is 32.2. The summed E-state index contributed by atoms with van der Waals surface area (Å²) in [6.45, 7) is 1.57. The van der Waals surface area contributed by atoms with Gasteiger partial charge in [0.1, 0.15) is 30.4 Å². The summed E-state index contributed by atoms with van der Waals surface area (Å²) in [4.78, 5) is 13.1. The van der Waals surface area contributed by atoms with Gasteiger partial charge in [-0.2, -0.15) is 0 Å². The summed E-state index contributed by atoms with van der Waals surface area (Å²) in [7, 11) is -4.74. The molecule has 0 aliphatic rings. The van der Waals surface area contributed by atoms with Gasteiger partial charge in [0.05, 0.1) is 22.0 Å². The SMILES string of the molecule is Cc1ccc(S(=O)(=O)N(CC(=O)NCCOc2ccc(S(=O)(=O)N(C)C)cc2)c2ccc(Oc3ccccc3)cc2)cc1. The second kappa shape index (κ2) is 13.7. The van der Waals surface area contributed by atoms with Crippen molar-refractivity contribution in [3.05, 3.63) is 109 Å². The highest BCUT2D eigenvalue weighted by Crippen LogP contribution is 2.28. The minimum Gasteiger partial charge on any atom is -0.492 e. The van der Waals surface area contributed by atoms with Crippen LogP contribution in [0.4, 0.5) is 5.69 Å². The third-order valence-corrected chi connectivity index (χ3v) is 9.91. The number of amides is 1. The lowest BCUT2D eigenvalue weighted by Crippen LogP contribution is -2.41. The quantitative estimate of drug-likeness (QED) is 0.219. The van der Waals surface area contributed by atoms with E-state index in [1.165, 1.54) is 50.5 Å². The maximum absolute atomic E-state index is 13.7. The van der Waals surface area contributed by atoms with E-state index in [0.717, 1.165) is 14.2 Å².